The van der Waals surface area contributed by atoms with Gasteiger partial charge in [0.15, 0.2) is 0 Å². The normalized spacial score (nSPS) is 17.2. The Morgan fingerprint density at radius 3 is 2.45 bits per heavy atom. The predicted octanol–water partition coefficient (Wildman–Crippen LogP) is 2.66. The van der Waals surface area contributed by atoms with Crippen LogP contribution in [0.3, 0.4) is 0 Å². The molecule has 8 nitrogen and oxygen atoms in total. The summed E-state index contributed by atoms with van der Waals surface area (Å²) in [6.45, 7) is 4.38. The number of hydrogen-bond acceptors (Lipinski definition) is 6. The Morgan fingerprint density at radius 1 is 1.00 bits per heavy atom. The predicted molar refractivity (Wildman–Crippen MR) is 112 cm³/mol. The largest absolute Gasteiger partial charge is 0.377 e. The van der Waals surface area contributed by atoms with Gasteiger partial charge in [-0.15, -0.1) is 0 Å². The summed E-state index contributed by atoms with van der Waals surface area (Å²) in [5, 5.41) is 9.74. The minimum atomic E-state index is 0.255. The van der Waals surface area contributed by atoms with Crippen molar-refractivity contribution in [1.82, 2.24) is 29.5 Å². The van der Waals surface area contributed by atoms with E-state index in [1.54, 1.807) is 6.20 Å². The van der Waals surface area contributed by atoms with E-state index in [1.807, 2.05) is 54.1 Å². The lowest BCUT2D eigenvalue weighted by molar-refractivity contribution is 0.0986. The van der Waals surface area contributed by atoms with E-state index >= 15 is 0 Å². The van der Waals surface area contributed by atoms with Crippen LogP contribution in [0.25, 0.3) is 33.5 Å². The zero-order chi connectivity index (χ0) is 20.0. The van der Waals surface area contributed by atoms with Crippen molar-refractivity contribution >= 4 is 16.7 Å². The van der Waals surface area contributed by atoms with Crippen LogP contribution in [0.4, 0.5) is 5.82 Å². The first-order chi connectivity index (χ1) is 14.1. The number of aromatic nitrogens is 6. The van der Waals surface area contributed by atoms with Gasteiger partial charge in [-0.1, -0.05) is 0 Å². The highest BCUT2D eigenvalue weighted by Gasteiger charge is 2.23. The van der Waals surface area contributed by atoms with Crippen LogP contribution in [0.5, 0.6) is 0 Å². The van der Waals surface area contributed by atoms with E-state index in [9.17, 15) is 0 Å². The summed E-state index contributed by atoms with van der Waals surface area (Å²) in [7, 11) is 3.88. The van der Waals surface area contributed by atoms with Crippen LogP contribution >= 0.6 is 0 Å². The SMILES string of the molecule is C[C@@H]1COCCN1c1cc(-c2ccnn2C)c2ccnc(-c3ccnn3C)c2n1. The summed E-state index contributed by atoms with van der Waals surface area (Å²) in [6, 6.07) is 8.44. The highest BCUT2D eigenvalue weighted by Crippen LogP contribution is 2.35. The zero-order valence-corrected chi connectivity index (χ0v) is 16.8. The van der Waals surface area contributed by atoms with Gasteiger partial charge in [0.05, 0.1) is 30.6 Å². The lowest BCUT2D eigenvalue weighted by atomic mass is 10.0. The Balaban J connectivity index is 1.81. The lowest BCUT2D eigenvalue weighted by Gasteiger charge is -2.34. The van der Waals surface area contributed by atoms with Crippen LogP contribution in [0.2, 0.25) is 0 Å². The molecule has 1 saturated heterocycles. The van der Waals surface area contributed by atoms with E-state index < -0.39 is 0 Å². The van der Waals surface area contributed by atoms with Gasteiger partial charge in [0.2, 0.25) is 0 Å². The Morgan fingerprint density at radius 2 is 1.76 bits per heavy atom. The average Bonchev–Trinajstić information content (AvgIpc) is 3.35. The molecule has 1 atom stereocenters. The molecule has 1 aliphatic heterocycles. The van der Waals surface area contributed by atoms with Gasteiger partial charge < -0.3 is 9.64 Å². The molecule has 0 aliphatic carbocycles. The fourth-order valence-corrected chi connectivity index (χ4v) is 4.00. The number of hydrogen-bond donors (Lipinski definition) is 0. The van der Waals surface area contributed by atoms with Gasteiger partial charge in [0, 0.05) is 50.2 Å². The molecule has 0 bridgehead atoms. The number of ether oxygens (including phenoxy) is 1. The molecule has 5 rings (SSSR count). The molecule has 0 aromatic carbocycles. The first-order valence-electron chi connectivity index (χ1n) is 9.74. The molecule has 4 aromatic heterocycles. The molecule has 8 heteroatoms. The highest BCUT2D eigenvalue weighted by atomic mass is 16.5. The van der Waals surface area contributed by atoms with Crippen molar-refractivity contribution in [2.24, 2.45) is 14.1 Å². The average molecular weight is 389 g/mol. The van der Waals surface area contributed by atoms with Gasteiger partial charge in [-0.05, 0) is 31.2 Å². The Bertz CT molecular complexity index is 1180. The molecule has 0 amide bonds. The number of nitrogens with zero attached hydrogens (tertiary/aromatic N) is 7. The van der Waals surface area contributed by atoms with Gasteiger partial charge in [0.25, 0.3) is 0 Å². The molecule has 148 valence electrons. The molecular weight excluding hydrogens is 366 g/mol. The third-order valence-corrected chi connectivity index (χ3v) is 5.54. The minimum absolute atomic E-state index is 0.255. The quantitative estimate of drug-likeness (QED) is 0.536. The van der Waals surface area contributed by atoms with Gasteiger partial charge in [-0.2, -0.15) is 10.2 Å². The van der Waals surface area contributed by atoms with Crippen molar-refractivity contribution in [2.75, 3.05) is 24.7 Å². The first kappa shape index (κ1) is 17.8. The second kappa shape index (κ2) is 6.97. The van der Waals surface area contributed by atoms with Crippen molar-refractivity contribution in [3.05, 3.63) is 42.9 Å². The van der Waals surface area contributed by atoms with Crippen molar-refractivity contribution in [1.29, 1.82) is 0 Å². The standard InChI is InChI=1S/C21H23N7O/c1-14-13-29-11-10-28(14)19-12-16(17-5-8-23-26(17)2)15-4-7-22-21(20(15)25-19)18-6-9-24-27(18)3/h4-9,12,14H,10-11,13H2,1-3H3/t14-/m1/s1. The summed E-state index contributed by atoms with van der Waals surface area (Å²) >= 11 is 0. The lowest BCUT2D eigenvalue weighted by Crippen LogP contribution is -2.44. The van der Waals surface area contributed by atoms with E-state index in [2.05, 4.69) is 33.1 Å². The minimum Gasteiger partial charge on any atom is -0.377 e. The monoisotopic (exact) mass is 389 g/mol. The van der Waals surface area contributed by atoms with E-state index in [0.717, 1.165) is 45.9 Å². The zero-order valence-electron chi connectivity index (χ0n) is 16.8. The molecule has 29 heavy (non-hydrogen) atoms. The molecule has 0 spiro atoms. The van der Waals surface area contributed by atoms with E-state index in [1.165, 1.54) is 0 Å². The fourth-order valence-electron chi connectivity index (χ4n) is 4.00. The number of rotatable bonds is 3. The highest BCUT2D eigenvalue weighted by molar-refractivity contribution is 6.01. The van der Waals surface area contributed by atoms with Gasteiger partial charge in [0.1, 0.15) is 17.0 Å². The molecule has 0 N–H and O–H groups in total. The molecule has 1 aliphatic rings. The van der Waals surface area contributed by atoms with Crippen molar-refractivity contribution in [3.63, 3.8) is 0 Å². The molecule has 5 heterocycles. The summed E-state index contributed by atoms with van der Waals surface area (Å²) in [5.41, 5.74) is 4.76. The summed E-state index contributed by atoms with van der Waals surface area (Å²) in [6.07, 6.45) is 5.44. The van der Waals surface area contributed by atoms with E-state index in [0.29, 0.717) is 13.2 Å². The van der Waals surface area contributed by atoms with E-state index in [-0.39, 0.29) is 6.04 Å². The summed E-state index contributed by atoms with van der Waals surface area (Å²) < 4.78 is 9.36. The van der Waals surface area contributed by atoms with Crippen LogP contribution < -0.4 is 4.90 Å². The maximum Gasteiger partial charge on any atom is 0.130 e. The van der Waals surface area contributed by atoms with Crippen molar-refractivity contribution < 1.29 is 4.74 Å². The Kier molecular flexibility index (Phi) is 4.28. The molecule has 0 unspecified atom stereocenters. The topological polar surface area (TPSA) is 73.9 Å². The Labute approximate surface area is 168 Å². The van der Waals surface area contributed by atoms with Crippen LogP contribution in [0.1, 0.15) is 6.92 Å². The molecule has 4 aromatic rings. The number of aryl methyl sites for hydroxylation is 2. The third-order valence-electron chi connectivity index (χ3n) is 5.54. The molecular formula is C21H23N7O. The number of pyridine rings is 2. The van der Waals surface area contributed by atoms with Gasteiger partial charge >= 0.3 is 0 Å². The number of fused-ring (bicyclic) bond motifs is 1. The maximum atomic E-state index is 5.63. The van der Waals surface area contributed by atoms with Crippen molar-refractivity contribution in [3.8, 4) is 22.6 Å². The number of morpholine rings is 1. The Hall–Kier alpha value is -3.26. The molecule has 1 fully saturated rings. The number of anilines is 1. The van der Waals surface area contributed by atoms with Crippen LogP contribution in [0, 0.1) is 0 Å². The van der Waals surface area contributed by atoms with Crippen LogP contribution in [0.15, 0.2) is 42.9 Å². The van der Waals surface area contributed by atoms with Crippen LogP contribution in [-0.2, 0) is 18.8 Å². The van der Waals surface area contributed by atoms with Crippen LogP contribution in [-0.4, -0.2) is 55.3 Å². The molecule has 0 saturated carbocycles. The second-order valence-corrected chi connectivity index (χ2v) is 7.38. The maximum absolute atomic E-state index is 5.63. The van der Waals surface area contributed by atoms with Crippen molar-refractivity contribution in [2.45, 2.75) is 13.0 Å². The van der Waals surface area contributed by atoms with Gasteiger partial charge in [-0.25, -0.2) is 4.98 Å². The third kappa shape index (κ3) is 2.96. The van der Waals surface area contributed by atoms with E-state index in [4.69, 9.17) is 9.72 Å². The first-order valence-corrected chi connectivity index (χ1v) is 9.74. The summed E-state index contributed by atoms with van der Waals surface area (Å²) in [5.74, 6) is 0.931. The molecule has 0 radical (unpaired) electrons. The van der Waals surface area contributed by atoms with Gasteiger partial charge in [-0.3, -0.25) is 14.3 Å². The summed E-state index contributed by atoms with van der Waals surface area (Å²) in [4.78, 5) is 12.1. The second-order valence-electron chi connectivity index (χ2n) is 7.38. The fraction of sp³-hybridized carbons (Fsp3) is 0.333. The smallest absolute Gasteiger partial charge is 0.130 e.